The standard InChI is InChI=1S/C23H27BrN4O3S/c1-16(28-18(3)23(24)17(2)25-28)14-22(29)26-10-12-27(13-11-26)32(30,31)21-9-8-19-6-4-5-7-20(19)15-21/h4-9,15-16H,10-14H2,1-3H3. The molecule has 4 rings (SSSR count). The first-order valence-corrected chi connectivity index (χ1v) is 12.9. The number of carbonyl (C=O) groups excluding carboxylic acids is 1. The predicted molar refractivity (Wildman–Crippen MR) is 128 cm³/mol. The first-order chi connectivity index (χ1) is 15.2. The van der Waals surface area contributed by atoms with Crippen LogP contribution in [0.25, 0.3) is 10.8 Å². The average molecular weight is 519 g/mol. The number of halogens is 1. The summed E-state index contributed by atoms with van der Waals surface area (Å²) in [7, 11) is -3.60. The van der Waals surface area contributed by atoms with Crippen molar-refractivity contribution in [3.63, 3.8) is 0 Å². The van der Waals surface area contributed by atoms with Crippen LogP contribution in [0.1, 0.15) is 30.8 Å². The Morgan fingerprint density at radius 2 is 1.72 bits per heavy atom. The molecule has 9 heteroatoms. The van der Waals surface area contributed by atoms with Crippen molar-refractivity contribution in [2.24, 2.45) is 0 Å². The van der Waals surface area contributed by atoms with Gasteiger partial charge >= 0.3 is 0 Å². The summed E-state index contributed by atoms with van der Waals surface area (Å²) in [5.41, 5.74) is 1.89. The molecule has 7 nitrogen and oxygen atoms in total. The second-order valence-electron chi connectivity index (χ2n) is 8.28. The molecule has 1 amide bonds. The van der Waals surface area contributed by atoms with E-state index in [1.54, 1.807) is 17.0 Å². The summed E-state index contributed by atoms with van der Waals surface area (Å²) in [6.45, 7) is 7.24. The lowest BCUT2D eigenvalue weighted by Gasteiger charge is -2.34. The van der Waals surface area contributed by atoms with Crippen molar-refractivity contribution in [2.45, 2.75) is 38.1 Å². The minimum atomic E-state index is -3.60. The number of hydrogen-bond acceptors (Lipinski definition) is 4. The maximum absolute atomic E-state index is 13.1. The zero-order valence-electron chi connectivity index (χ0n) is 18.5. The zero-order valence-corrected chi connectivity index (χ0v) is 20.9. The molecular weight excluding hydrogens is 492 g/mol. The summed E-state index contributed by atoms with van der Waals surface area (Å²) < 4.78 is 30.6. The van der Waals surface area contributed by atoms with Gasteiger partial charge in [-0.2, -0.15) is 9.40 Å². The maximum atomic E-state index is 13.1. The van der Waals surface area contributed by atoms with E-state index < -0.39 is 10.0 Å². The highest BCUT2D eigenvalue weighted by Gasteiger charge is 2.31. The summed E-state index contributed by atoms with van der Waals surface area (Å²) in [5, 5.41) is 6.42. The topological polar surface area (TPSA) is 75.5 Å². The van der Waals surface area contributed by atoms with E-state index in [9.17, 15) is 13.2 Å². The van der Waals surface area contributed by atoms with Crippen molar-refractivity contribution in [3.05, 3.63) is 58.3 Å². The molecule has 1 saturated heterocycles. The number of benzene rings is 2. The van der Waals surface area contributed by atoms with E-state index in [0.29, 0.717) is 37.5 Å². The summed E-state index contributed by atoms with van der Waals surface area (Å²) in [6, 6.07) is 12.8. The molecule has 2 heterocycles. The van der Waals surface area contributed by atoms with Crippen LogP contribution < -0.4 is 0 Å². The quantitative estimate of drug-likeness (QED) is 0.513. The third-order valence-corrected chi connectivity index (χ3v) is 9.12. The van der Waals surface area contributed by atoms with E-state index in [2.05, 4.69) is 21.0 Å². The fourth-order valence-corrected chi connectivity index (χ4v) is 5.91. The monoisotopic (exact) mass is 518 g/mol. The molecule has 0 saturated carbocycles. The first kappa shape index (κ1) is 22.9. The van der Waals surface area contributed by atoms with Gasteiger partial charge in [0.25, 0.3) is 0 Å². The zero-order chi connectivity index (χ0) is 23.0. The molecule has 0 radical (unpaired) electrons. The second-order valence-corrected chi connectivity index (χ2v) is 11.0. The van der Waals surface area contributed by atoms with Crippen LogP contribution >= 0.6 is 15.9 Å². The Labute approximate surface area is 197 Å². The predicted octanol–water partition coefficient (Wildman–Crippen LogP) is 3.90. The van der Waals surface area contributed by atoms with Crippen molar-refractivity contribution in [3.8, 4) is 0 Å². The van der Waals surface area contributed by atoms with Gasteiger partial charge in [0.1, 0.15) is 0 Å². The number of rotatable bonds is 5. The molecule has 32 heavy (non-hydrogen) atoms. The van der Waals surface area contributed by atoms with Crippen LogP contribution in [-0.4, -0.2) is 59.5 Å². The SMILES string of the molecule is Cc1nn(C(C)CC(=O)N2CCN(S(=O)(=O)c3ccc4ccccc4c3)CC2)c(C)c1Br. The highest BCUT2D eigenvalue weighted by molar-refractivity contribution is 9.10. The van der Waals surface area contributed by atoms with Crippen LogP contribution in [0.3, 0.4) is 0 Å². The van der Waals surface area contributed by atoms with Gasteiger partial charge in [0.2, 0.25) is 15.9 Å². The fraction of sp³-hybridized carbons (Fsp3) is 0.391. The second kappa shape index (κ2) is 8.96. The van der Waals surface area contributed by atoms with E-state index in [1.807, 2.05) is 55.8 Å². The Bertz CT molecular complexity index is 1260. The van der Waals surface area contributed by atoms with Gasteiger partial charge in [0.15, 0.2) is 0 Å². The lowest BCUT2D eigenvalue weighted by atomic mass is 10.1. The van der Waals surface area contributed by atoms with E-state index in [1.165, 1.54) is 4.31 Å². The summed E-state index contributed by atoms with van der Waals surface area (Å²) in [5.74, 6) is 0.0175. The summed E-state index contributed by atoms with van der Waals surface area (Å²) in [4.78, 5) is 14.9. The van der Waals surface area contributed by atoms with Crippen molar-refractivity contribution in [1.82, 2.24) is 19.0 Å². The molecule has 0 spiro atoms. The molecule has 1 fully saturated rings. The Balaban J connectivity index is 1.40. The number of aromatic nitrogens is 2. The molecule has 0 bridgehead atoms. The molecule has 1 atom stereocenters. The molecule has 1 aliphatic heterocycles. The van der Waals surface area contributed by atoms with E-state index in [-0.39, 0.29) is 11.9 Å². The number of carbonyl (C=O) groups is 1. The Morgan fingerprint density at radius 1 is 1.06 bits per heavy atom. The number of amides is 1. The van der Waals surface area contributed by atoms with Crippen molar-refractivity contribution >= 4 is 42.6 Å². The van der Waals surface area contributed by atoms with Gasteiger partial charge in [0.05, 0.1) is 26.8 Å². The number of aryl methyl sites for hydroxylation is 1. The third kappa shape index (κ3) is 4.33. The van der Waals surface area contributed by atoms with Crippen LogP contribution in [0, 0.1) is 13.8 Å². The number of nitrogens with zero attached hydrogens (tertiary/aromatic N) is 4. The summed E-state index contributed by atoms with van der Waals surface area (Å²) >= 11 is 3.53. The normalized spacial score (nSPS) is 16.4. The smallest absolute Gasteiger partial charge is 0.243 e. The number of hydrogen-bond donors (Lipinski definition) is 0. The molecule has 3 aromatic rings. The Hall–Kier alpha value is -2.23. The molecule has 1 aromatic heterocycles. The van der Waals surface area contributed by atoms with Gasteiger partial charge < -0.3 is 4.90 Å². The van der Waals surface area contributed by atoms with Gasteiger partial charge in [-0.3, -0.25) is 9.48 Å². The third-order valence-electron chi connectivity index (χ3n) is 6.07. The first-order valence-electron chi connectivity index (χ1n) is 10.7. The number of fused-ring (bicyclic) bond motifs is 1. The van der Waals surface area contributed by atoms with Crippen molar-refractivity contribution in [2.75, 3.05) is 26.2 Å². The molecule has 2 aromatic carbocycles. The van der Waals surface area contributed by atoms with Crippen LogP contribution in [0.2, 0.25) is 0 Å². The highest BCUT2D eigenvalue weighted by Crippen LogP contribution is 2.26. The van der Waals surface area contributed by atoms with Gasteiger partial charge in [-0.1, -0.05) is 30.3 Å². The van der Waals surface area contributed by atoms with Gasteiger partial charge in [0, 0.05) is 32.6 Å². The van der Waals surface area contributed by atoms with Crippen molar-refractivity contribution in [1.29, 1.82) is 0 Å². The van der Waals surface area contributed by atoms with E-state index in [4.69, 9.17) is 0 Å². The van der Waals surface area contributed by atoms with Crippen LogP contribution in [0.4, 0.5) is 0 Å². The van der Waals surface area contributed by atoms with Crippen LogP contribution in [-0.2, 0) is 14.8 Å². The molecule has 170 valence electrons. The molecule has 1 aliphatic rings. The Kier molecular flexibility index (Phi) is 6.42. The largest absolute Gasteiger partial charge is 0.340 e. The van der Waals surface area contributed by atoms with E-state index in [0.717, 1.165) is 26.6 Å². The fourth-order valence-electron chi connectivity index (χ4n) is 4.20. The van der Waals surface area contributed by atoms with Gasteiger partial charge in [-0.15, -0.1) is 0 Å². The van der Waals surface area contributed by atoms with E-state index >= 15 is 0 Å². The van der Waals surface area contributed by atoms with Crippen LogP contribution in [0.15, 0.2) is 51.8 Å². The molecule has 0 aliphatic carbocycles. The lowest BCUT2D eigenvalue weighted by Crippen LogP contribution is -2.50. The van der Waals surface area contributed by atoms with Crippen LogP contribution in [0.5, 0.6) is 0 Å². The van der Waals surface area contributed by atoms with Gasteiger partial charge in [-0.05, 0) is 59.6 Å². The van der Waals surface area contributed by atoms with Crippen molar-refractivity contribution < 1.29 is 13.2 Å². The average Bonchev–Trinajstić information content (AvgIpc) is 3.06. The number of sulfonamides is 1. The minimum absolute atomic E-state index is 0.0175. The maximum Gasteiger partial charge on any atom is 0.243 e. The van der Waals surface area contributed by atoms with Gasteiger partial charge in [-0.25, -0.2) is 8.42 Å². The molecule has 1 unspecified atom stereocenters. The molecule has 0 N–H and O–H groups in total. The number of piperazine rings is 1. The minimum Gasteiger partial charge on any atom is -0.340 e. The molecular formula is C23H27BrN4O3S. The Morgan fingerprint density at radius 3 is 2.34 bits per heavy atom. The lowest BCUT2D eigenvalue weighted by molar-refractivity contribution is -0.133. The summed E-state index contributed by atoms with van der Waals surface area (Å²) in [6.07, 6.45) is 0.325. The highest BCUT2D eigenvalue weighted by atomic mass is 79.9.